The van der Waals surface area contributed by atoms with E-state index in [4.69, 9.17) is 16.7 Å². The molecule has 1 aliphatic carbocycles. The van der Waals surface area contributed by atoms with E-state index in [2.05, 4.69) is 17.2 Å². The molecule has 0 aromatic carbocycles. The van der Waals surface area contributed by atoms with Crippen molar-refractivity contribution in [3.63, 3.8) is 0 Å². The van der Waals surface area contributed by atoms with Crippen LogP contribution in [0.2, 0.25) is 5.15 Å². The molecule has 0 saturated heterocycles. The van der Waals surface area contributed by atoms with Crippen molar-refractivity contribution in [2.75, 3.05) is 11.9 Å². The average Bonchev–Trinajstić information content (AvgIpc) is 2.36. The van der Waals surface area contributed by atoms with E-state index in [0.29, 0.717) is 16.9 Å². The molecular formula is C14H19ClN2O2. The number of aromatic carboxylic acids is 1. The highest BCUT2D eigenvalue weighted by atomic mass is 35.5. The number of pyridine rings is 1. The first-order chi connectivity index (χ1) is 9.06. The van der Waals surface area contributed by atoms with E-state index in [1.165, 1.54) is 37.8 Å². The molecule has 1 aromatic heterocycles. The maximum absolute atomic E-state index is 11.1. The monoisotopic (exact) mass is 282 g/mol. The SMILES string of the molecule is CC1CCCC(CNc2nc(Cl)ccc2C(=O)O)C1. The first-order valence-electron chi connectivity index (χ1n) is 6.70. The smallest absolute Gasteiger partial charge is 0.339 e. The van der Waals surface area contributed by atoms with Gasteiger partial charge >= 0.3 is 5.97 Å². The van der Waals surface area contributed by atoms with Gasteiger partial charge in [-0.15, -0.1) is 0 Å². The maximum Gasteiger partial charge on any atom is 0.339 e. The summed E-state index contributed by atoms with van der Waals surface area (Å²) in [5, 5.41) is 12.6. The molecule has 2 unspecified atom stereocenters. The van der Waals surface area contributed by atoms with Crippen molar-refractivity contribution in [1.29, 1.82) is 0 Å². The van der Waals surface area contributed by atoms with Crippen LogP contribution in [0, 0.1) is 11.8 Å². The van der Waals surface area contributed by atoms with Crippen LogP contribution in [0.4, 0.5) is 5.82 Å². The van der Waals surface area contributed by atoms with Gasteiger partial charge in [-0.2, -0.15) is 0 Å². The van der Waals surface area contributed by atoms with E-state index in [-0.39, 0.29) is 5.56 Å². The van der Waals surface area contributed by atoms with E-state index < -0.39 is 5.97 Å². The molecule has 0 amide bonds. The standard InChI is InChI=1S/C14H19ClN2O2/c1-9-3-2-4-10(7-9)8-16-13-11(14(18)19)5-6-12(15)17-13/h5-6,9-10H,2-4,7-8H2,1H3,(H,16,17)(H,18,19). The number of hydrogen-bond acceptors (Lipinski definition) is 3. The Morgan fingerprint density at radius 3 is 3.00 bits per heavy atom. The average molecular weight is 283 g/mol. The molecule has 2 rings (SSSR count). The molecule has 1 fully saturated rings. The van der Waals surface area contributed by atoms with Gasteiger partial charge in [0.05, 0.1) is 0 Å². The Kier molecular flexibility index (Phi) is 4.64. The summed E-state index contributed by atoms with van der Waals surface area (Å²) in [6, 6.07) is 2.99. The molecule has 5 heteroatoms. The number of aromatic nitrogens is 1. The second-order valence-corrected chi connectivity index (χ2v) is 5.74. The number of hydrogen-bond donors (Lipinski definition) is 2. The van der Waals surface area contributed by atoms with Crippen LogP contribution in [-0.4, -0.2) is 22.6 Å². The summed E-state index contributed by atoms with van der Waals surface area (Å²) in [4.78, 5) is 15.2. The predicted octanol–water partition coefficient (Wildman–Crippen LogP) is 3.67. The summed E-state index contributed by atoms with van der Waals surface area (Å²) in [6.07, 6.45) is 4.94. The van der Waals surface area contributed by atoms with Crippen molar-refractivity contribution in [2.24, 2.45) is 11.8 Å². The van der Waals surface area contributed by atoms with Gasteiger partial charge in [-0.1, -0.05) is 31.4 Å². The Morgan fingerprint density at radius 1 is 1.53 bits per heavy atom. The number of anilines is 1. The van der Waals surface area contributed by atoms with Crippen LogP contribution in [0.25, 0.3) is 0 Å². The Balaban J connectivity index is 2.02. The number of carboxylic acids is 1. The number of nitrogens with zero attached hydrogens (tertiary/aromatic N) is 1. The summed E-state index contributed by atoms with van der Waals surface area (Å²) in [6.45, 7) is 3.03. The van der Waals surface area contributed by atoms with Crippen LogP contribution in [0.1, 0.15) is 43.0 Å². The summed E-state index contributed by atoms with van der Waals surface area (Å²) in [5.74, 6) is 0.736. The van der Waals surface area contributed by atoms with E-state index in [1.54, 1.807) is 0 Å². The van der Waals surface area contributed by atoms with E-state index >= 15 is 0 Å². The van der Waals surface area contributed by atoms with Crippen LogP contribution in [0.3, 0.4) is 0 Å². The summed E-state index contributed by atoms with van der Waals surface area (Å²) >= 11 is 5.82. The quantitative estimate of drug-likeness (QED) is 0.827. The van der Waals surface area contributed by atoms with Crippen LogP contribution >= 0.6 is 11.6 Å². The summed E-state index contributed by atoms with van der Waals surface area (Å²) in [7, 11) is 0. The largest absolute Gasteiger partial charge is 0.478 e. The van der Waals surface area contributed by atoms with Gasteiger partial charge in [0.15, 0.2) is 0 Å². The fourth-order valence-corrected chi connectivity index (χ4v) is 2.88. The van der Waals surface area contributed by atoms with Gasteiger partial charge in [-0.3, -0.25) is 0 Å². The first-order valence-corrected chi connectivity index (χ1v) is 7.07. The normalized spacial score (nSPS) is 23.1. The molecule has 1 aliphatic rings. The Hall–Kier alpha value is -1.29. The van der Waals surface area contributed by atoms with Gasteiger partial charge in [0, 0.05) is 6.54 Å². The lowest BCUT2D eigenvalue weighted by Crippen LogP contribution is -2.22. The molecular weight excluding hydrogens is 264 g/mol. The molecule has 2 atom stereocenters. The van der Waals surface area contributed by atoms with E-state index in [1.807, 2.05) is 0 Å². The van der Waals surface area contributed by atoms with Crippen molar-refractivity contribution < 1.29 is 9.90 Å². The lowest BCUT2D eigenvalue weighted by Gasteiger charge is -2.27. The zero-order valence-electron chi connectivity index (χ0n) is 11.0. The number of nitrogens with one attached hydrogen (secondary N) is 1. The highest BCUT2D eigenvalue weighted by Crippen LogP contribution is 2.29. The third-order valence-electron chi connectivity index (χ3n) is 3.69. The molecule has 104 valence electrons. The number of rotatable bonds is 4. The molecule has 1 saturated carbocycles. The van der Waals surface area contributed by atoms with Crippen molar-refractivity contribution in [1.82, 2.24) is 4.98 Å². The van der Waals surface area contributed by atoms with Crippen LogP contribution < -0.4 is 5.32 Å². The van der Waals surface area contributed by atoms with Crippen LogP contribution in [0.5, 0.6) is 0 Å². The predicted molar refractivity (Wildman–Crippen MR) is 75.8 cm³/mol. The highest BCUT2D eigenvalue weighted by Gasteiger charge is 2.20. The number of halogens is 1. The van der Waals surface area contributed by atoms with Gasteiger partial charge in [0.25, 0.3) is 0 Å². The van der Waals surface area contributed by atoms with Gasteiger partial charge in [0.2, 0.25) is 0 Å². The van der Waals surface area contributed by atoms with Crippen LogP contribution in [-0.2, 0) is 0 Å². The Bertz CT molecular complexity index is 465. The van der Waals surface area contributed by atoms with Crippen LogP contribution in [0.15, 0.2) is 12.1 Å². The summed E-state index contributed by atoms with van der Waals surface area (Å²) in [5.41, 5.74) is 0.174. The van der Waals surface area contributed by atoms with Crippen molar-refractivity contribution in [2.45, 2.75) is 32.6 Å². The van der Waals surface area contributed by atoms with Gasteiger partial charge in [-0.05, 0) is 36.8 Å². The van der Waals surface area contributed by atoms with Gasteiger partial charge in [0.1, 0.15) is 16.5 Å². The lowest BCUT2D eigenvalue weighted by molar-refractivity contribution is 0.0697. The third kappa shape index (κ3) is 3.83. The molecule has 0 bridgehead atoms. The first kappa shape index (κ1) is 14.1. The third-order valence-corrected chi connectivity index (χ3v) is 3.91. The van der Waals surface area contributed by atoms with Crippen molar-refractivity contribution >= 4 is 23.4 Å². The molecule has 0 radical (unpaired) electrons. The molecule has 4 nitrogen and oxygen atoms in total. The minimum Gasteiger partial charge on any atom is -0.478 e. The zero-order chi connectivity index (χ0) is 13.8. The number of carboxylic acid groups (broad SMARTS) is 1. The fourth-order valence-electron chi connectivity index (χ4n) is 2.73. The molecule has 0 spiro atoms. The second kappa shape index (κ2) is 6.24. The van der Waals surface area contributed by atoms with Crippen molar-refractivity contribution in [3.8, 4) is 0 Å². The van der Waals surface area contributed by atoms with Gasteiger partial charge in [-0.25, -0.2) is 9.78 Å². The lowest BCUT2D eigenvalue weighted by atomic mass is 9.82. The minimum atomic E-state index is -0.983. The topological polar surface area (TPSA) is 62.2 Å². The van der Waals surface area contributed by atoms with E-state index in [0.717, 1.165) is 12.5 Å². The minimum absolute atomic E-state index is 0.174. The van der Waals surface area contributed by atoms with Gasteiger partial charge < -0.3 is 10.4 Å². The Labute approximate surface area is 118 Å². The molecule has 1 heterocycles. The maximum atomic E-state index is 11.1. The Morgan fingerprint density at radius 2 is 2.32 bits per heavy atom. The van der Waals surface area contributed by atoms with E-state index in [9.17, 15) is 4.79 Å². The molecule has 19 heavy (non-hydrogen) atoms. The molecule has 1 aromatic rings. The zero-order valence-corrected chi connectivity index (χ0v) is 11.8. The summed E-state index contributed by atoms with van der Waals surface area (Å²) < 4.78 is 0. The molecule has 0 aliphatic heterocycles. The second-order valence-electron chi connectivity index (χ2n) is 5.35. The highest BCUT2D eigenvalue weighted by molar-refractivity contribution is 6.29. The number of carbonyl (C=O) groups is 1. The fraction of sp³-hybridized carbons (Fsp3) is 0.571. The molecule has 2 N–H and O–H groups in total. The van der Waals surface area contributed by atoms with Crippen molar-refractivity contribution in [3.05, 3.63) is 22.8 Å².